The summed E-state index contributed by atoms with van der Waals surface area (Å²) in [4.78, 5) is 16.9. The van der Waals surface area contributed by atoms with Gasteiger partial charge < -0.3 is 4.98 Å². The quantitative estimate of drug-likeness (QED) is 0.467. The van der Waals surface area contributed by atoms with Gasteiger partial charge in [-0.15, -0.1) is 0 Å². The number of rotatable bonds is 3. The highest BCUT2D eigenvalue weighted by Crippen LogP contribution is 2.43. The van der Waals surface area contributed by atoms with Crippen molar-refractivity contribution in [1.82, 2.24) is 30.8 Å². The minimum absolute atomic E-state index is 0.0733. The fourth-order valence-electron chi connectivity index (χ4n) is 5.24. The number of H-pyrrole nitrogens is 1. The largest absolute Gasteiger partial charge is 0.339 e. The number of aromatic amines is 1. The lowest BCUT2D eigenvalue weighted by Gasteiger charge is -2.32. The van der Waals surface area contributed by atoms with E-state index >= 15 is 0 Å². The predicted octanol–water partition coefficient (Wildman–Crippen LogP) is 4.26. The van der Waals surface area contributed by atoms with Crippen molar-refractivity contribution in [2.75, 3.05) is 0 Å². The number of halogens is 1. The zero-order valence-corrected chi connectivity index (χ0v) is 16.9. The van der Waals surface area contributed by atoms with Crippen LogP contribution in [0.4, 0.5) is 4.39 Å². The Morgan fingerprint density at radius 2 is 1.87 bits per heavy atom. The van der Waals surface area contributed by atoms with Crippen molar-refractivity contribution < 1.29 is 4.39 Å². The molecule has 4 atom stereocenters. The van der Waals surface area contributed by atoms with Crippen molar-refractivity contribution in [3.8, 4) is 11.1 Å². The van der Waals surface area contributed by atoms with Crippen LogP contribution >= 0.6 is 0 Å². The van der Waals surface area contributed by atoms with Gasteiger partial charge in [0.1, 0.15) is 11.6 Å². The number of benzene rings is 1. The van der Waals surface area contributed by atoms with Gasteiger partial charge in [-0.3, -0.25) is 10.4 Å². The summed E-state index contributed by atoms with van der Waals surface area (Å²) in [5.74, 6) is 1.57. The lowest BCUT2D eigenvalue weighted by atomic mass is 9.73. The number of nitrogens with zero attached hydrogens (tertiary/aromatic N) is 3. The molecule has 2 aliphatic rings. The van der Waals surface area contributed by atoms with Crippen molar-refractivity contribution in [3.05, 3.63) is 78.3 Å². The van der Waals surface area contributed by atoms with Crippen LogP contribution in [0.25, 0.3) is 22.3 Å². The molecule has 4 heterocycles. The van der Waals surface area contributed by atoms with E-state index in [2.05, 4.69) is 37.9 Å². The first kappa shape index (κ1) is 18.6. The molecule has 156 valence electrons. The first-order valence-electron chi connectivity index (χ1n) is 10.8. The number of hydrazine groups is 1. The van der Waals surface area contributed by atoms with E-state index in [0.29, 0.717) is 23.5 Å². The maximum atomic E-state index is 13.8. The van der Waals surface area contributed by atoms with Gasteiger partial charge in [-0.1, -0.05) is 12.1 Å². The maximum Gasteiger partial charge on any atom is 0.178 e. The smallest absolute Gasteiger partial charge is 0.178 e. The number of aromatic nitrogens is 4. The van der Waals surface area contributed by atoms with Gasteiger partial charge >= 0.3 is 0 Å². The molecule has 7 heteroatoms. The molecule has 0 radical (unpaired) electrons. The summed E-state index contributed by atoms with van der Waals surface area (Å²) >= 11 is 0. The molecule has 31 heavy (non-hydrogen) atoms. The predicted molar refractivity (Wildman–Crippen MR) is 116 cm³/mol. The standard InChI is InChI=1S/C24H23FN6/c25-17-3-1-2-16(12-17)18-8-11-27-23-21(18)28-24(29-23)22-19-13-15(4-5-20(19)30-31-22)14-6-9-26-10-7-14/h1-3,6-12,15,19-20,22,30-31H,4-5,13H2,(H,27,28,29). The van der Waals surface area contributed by atoms with Crippen LogP contribution in [0.5, 0.6) is 0 Å². The Bertz CT molecular complexity index is 1220. The van der Waals surface area contributed by atoms with Crippen LogP contribution in [0.15, 0.2) is 61.1 Å². The van der Waals surface area contributed by atoms with Crippen LogP contribution in [-0.4, -0.2) is 26.0 Å². The van der Waals surface area contributed by atoms with Gasteiger partial charge in [0.05, 0.1) is 11.6 Å². The van der Waals surface area contributed by atoms with Crippen LogP contribution in [0, 0.1) is 11.7 Å². The van der Waals surface area contributed by atoms with Gasteiger partial charge in [-0.05, 0) is 72.6 Å². The number of pyridine rings is 2. The van der Waals surface area contributed by atoms with Crippen molar-refractivity contribution in [2.24, 2.45) is 5.92 Å². The van der Waals surface area contributed by atoms with Crippen LogP contribution in [-0.2, 0) is 0 Å². The number of hydrogen-bond donors (Lipinski definition) is 3. The van der Waals surface area contributed by atoms with Gasteiger partial charge in [0.25, 0.3) is 0 Å². The third-order valence-corrected chi connectivity index (χ3v) is 6.77. The minimum atomic E-state index is -0.254. The highest BCUT2D eigenvalue weighted by Gasteiger charge is 2.42. The topological polar surface area (TPSA) is 78.5 Å². The van der Waals surface area contributed by atoms with Gasteiger partial charge in [0.2, 0.25) is 0 Å². The zero-order valence-electron chi connectivity index (χ0n) is 16.9. The van der Waals surface area contributed by atoms with Gasteiger partial charge in [-0.2, -0.15) is 0 Å². The molecule has 2 fully saturated rings. The number of fused-ring (bicyclic) bond motifs is 2. The molecule has 4 aromatic rings. The average Bonchev–Trinajstić information content (AvgIpc) is 3.43. The molecular formula is C24H23FN6. The molecule has 1 aromatic carbocycles. The Labute approximate surface area is 179 Å². The van der Waals surface area contributed by atoms with E-state index in [4.69, 9.17) is 4.98 Å². The second-order valence-electron chi connectivity index (χ2n) is 8.52. The SMILES string of the molecule is Fc1cccc(-c2ccnc3nc(C4NNC5CCC(c6ccncc6)CC54)[nH]c23)c1. The molecule has 0 bridgehead atoms. The van der Waals surface area contributed by atoms with E-state index in [-0.39, 0.29) is 11.9 Å². The van der Waals surface area contributed by atoms with E-state index in [0.717, 1.165) is 41.7 Å². The lowest BCUT2D eigenvalue weighted by Crippen LogP contribution is -2.34. The number of imidazole rings is 1. The second kappa shape index (κ2) is 7.51. The number of hydrogen-bond acceptors (Lipinski definition) is 5. The van der Waals surface area contributed by atoms with Crippen LogP contribution in [0.2, 0.25) is 0 Å². The van der Waals surface area contributed by atoms with Crippen LogP contribution in [0.1, 0.15) is 42.6 Å². The summed E-state index contributed by atoms with van der Waals surface area (Å²) in [5.41, 5.74) is 11.5. The average molecular weight is 414 g/mol. The van der Waals surface area contributed by atoms with Gasteiger partial charge in [-0.25, -0.2) is 19.8 Å². The Balaban J connectivity index is 1.34. The molecule has 3 N–H and O–H groups in total. The molecular weight excluding hydrogens is 391 g/mol. The minimum Gasteiger partial charge on any atom is -0.339 e. The van der Waals surface area contributed by atoms with Crippen molar-refractivity contribution >= 4 is 11.2 Å². The Morgan fingerprint density at radius 1 is 0.968 bits per heavy atom. The molecule has 6 nitrogen and oxygen atoms in total. The number of nitrogens with one attached hydrogen (secondary N) is 3. The van der Waals surface area contributed by atoms with E-state index in [1.54, 1.807) is 18.3 Å². The third-order valence-electron chi connectivity index (χ3n) is 6.77. The van der Waals surface area contributed by atoms with E-state index < -0.39 is 0 Å². The summed E-state index contributed by atoms with van der Waals surface area (Å²) in [7, 11) is 0. The van der Waals surface area contributed by atoms with Gasteiger partial charge in [0.15, 0.2) is 5.65 Å². The summed E-state index contributed by atoms with van der Waals surface area (Å²) in [6, 6.07) is 13.3. The normalized spacial score (nSPS) is 25.6. The molecule has 0 amide bonds. The molecule has 1 saturated carbocycles. The molecule has 0 spiro atoms. The van der Waals surface area contributed by atoms with Gasteiger partial charge in [0, 0.05) is 30.2 Å². The summed E-state index contributed by atoms with van der Waals surface area (Å²) in [5, 5.41) is 0. The third kappa shape index (κ3) is 3.30. The Hall–Kier alpha value is -3.16. The van der Waals surface area contributed by atoms with Crippen molar-refractivity contribution in [1.29, 1.82) is 0 Å². The van der Waals surface area contributed by atoms with Crippen molar-refractivity contribution in [2.45, 2.75) is 37.3 Å². The first-order valence-corrected chi connectivity index (χ1v) is 10.8. The molecule has 1 saturated heterocycles. The molecule has 1 aliphatic heterocycles. The highest BCUT2D eigenvalue weighted by atomic mass is 19.1. The van der Waals surface area contributed by atoms with Crippen LogP contribution in [0.3, 0.4) is 0 Å². The molecule has 3 aromatic heterocycles. The Kier molecular flexibility index (Phi) is 4.51. The molecule has 1 aliphatic carbocycles. The fraction of sp³-hybridized carbons (Fsp3) is 0.292. The molecule has 4 unspecified atom stereocenters. The first-order chi connectivity index (χ1) is 15.3. The maximum absolute atomic E-state index is 13.8. The summed E-state index contributed by atoms with van der Waals surface area (Å²) in [6.45, 7) is 0. The zero-order chi connectivity index (χ0) is 20.8. The van der Waals surface area contributed by atoms with E-state index in [9.17, 15) is 4.39 Å². The second-order valence-corrected chi connectivity index (χ2v) is 8.52. The lowest BCUT2D eigenvalue weighted by molar-refractivity contribution is 0.274. The summed E-state index contributed by atoms with van der Waals surface area (Å²) in [6.07, 6.45) is 8.86. The molecule has 6 rings (SSSR count). The monoisotopic (exact) mass is 414 g/mol. The summed E-state index contributed by atoms with van der Waals surface area (Å²) < 4.78 is 13.8. The Morgan fingerprint density at radius 3 is 2.74 bits per heavy atom. The highest BCUT2D eigenvalue weighted by molar-refractivity contribution is 5.89. The van der Waals surface area contributed by atoms with E-state index in [1.165, 1.54) is 11.6 Å². The fourth-order valence-corrected chi connectivity index (χ4v) is 5.24. The van der Waals surface area contributed by atoms with Crippen LogP contribution < -0.4 is 10.9 Å². The van der Waals surface area contributed by atoms with E-state index in [1.807, 2.05) is 24.5 Å². The van der Waals surface area contributed by atoms with Crippen molar-refractivity contribution in [3.63, 3.8) is 0 Å².